The minimum Gasteiger partial charge on any atom is -0.459 e. The van der Waals surface area contributed by atoms with Crippen LogP contribution in [0.2, 0.25) is 0 Å². The molecule has 152 valence electrons. The number of aromatic amines is 1. The predicted octanol–water partition coefficient (Wildman–Crippen LogP) is 4.53. The Labute approximate surface area is 187 Å². The van der Waals surface area contributed by atoms with E-state index >= 15 is 0 Å². The van der Waals surface area contributed by atoms with Crippen molar-refractivity contribution in [2.45, 2.75) is 26.3 Å². The van der Waals surface area contributed by atoms with E-state index in [0.717, 1.165) is 58.9 Å². The number of H-pyrrole nitrogens is 1. The maximum atomic E-state index is 5.95. The lowest BCUT2D eigenvalue weighted by Gasteiger charge is -2.11. The standard InChI is InChI=1S/C22H25N5O.HI/c1-15-16-8-3-6-11-19(16)28-20(15)14-25-22(23-2)24-13-7-12-21-26-17-9-4-5-10-18(17)27-21;/h3-6,8-11H,7,12-14H2,1-2H3,(H,26,27)(H2,23,24,25);1H. The molecule has 0 atom stereocenters. The van der Waals surface area contributed by atoms with Gasteiger partial charge in [-0.15, -0.1) is 24.0 Å². The summed E-state index contributed by atoms with van der Waals surface area (Å²) in [5.74, 6) is 2.72. The van der Waals surface area contributed by atoms with Crippen molar-refractivity contribution in [3.05, 3.63) is 65.7 Å². The molecule has 2 aromatic carbocycles. The van der Waals surface area contributed by atoms with Gasteiger partial charge in [-0.3, -0.25) is 4.99 Å². The molecular weight excluding hydrogens is 477 g/mol. The van der Waals surface area contributed by atoms with Gasteiger partial charge in [0.2, 0.25) is 0 Å². The molecule has 0 saturated heterocycles. The van der Waals surface area contributed by atoms with Crippen molar-refractivity contribution in [2.24, 2.45) is 4.99 Å². The summed E-state index contributed by atoms with van der Waals surface area (Å²) in [5, 5.41) is 7.84. The molecule has 0 fully saturated rings. The second-order valence-corrected chi connectivity index (χ2v) is 6.80. The van der Waals surface area contributed by atoms with Gasteiger partial charge in [-0.05, 0) is 31.5 Å². The molecule has 0 unspecified atom stereocenters. The predicted molar refractivity (Wildman–Crippen MR) is 129 cm³/mol. The van der Waals surface area contributed by atoms with Crippen LogP contribution in [-0.4, -0.2) is 29.5 Å². The van der Waals surface area contributed by atoms with Crippen LogP contribution in [0.1, 0.15) is 23.6 Å². The van der Waals surface area contributed by atoms with Crippen LogP contribution in [-0.2, 0) is 13.0 Å². The van der Waals surface area contributed by atoms with E-state index < -0.39 is 0 Å². The molecule has 2 heterocycles. The molecule has 0 bridgehead atoms. The van der Waals surface area contributed by atoms with Gasteiger partial charge in [0.25, 0.3) is 0 Å². The average Bonchev–Trinajstić information content (AvgIpc) is 3.28. The van der Waals surface area contributed by atoms with Gasteiger partial charge >= 0.3 is 0 Å². The molecule has 0 aliphatic rings. The summed E-state index contributed by atoms with van der Waals surface area (Å²) in [6, 6.07) is 16.2. The second-order valence-electron chi connectivity index (χ2n) is 6.80. The van der Waals surface area contributed by atoms with Crippen molar-refractivity contribution in [1.29, 1.82) is 0 Å². The third-order valence-corrected chi connectivity index (χ3v) is 4.90. The minimum atomic E-state index is 0. The molecule has 0 spiro atoms. The van der Waals surface area contributed by atoms with Crippen LogP contribution in [0.5, 0.6) is 0 Å². The third kappa shape index (κ3) is 4.90. The number of aryl methyl sites for hydroxylation is 2. The Morgan fingerprint density at radius 3 is 2.69 bits per heavy atom. The SMILES string of the molecule is CN=C(NCCCc1nc2ccccc2[nH]1)NCc1oc2ccccc2c1C.I. The third-order valence-electron chi connectivity index (χ3n) is 4.90. The zero-order valence-electron chi connectivity index (χ0n) is 16.7. The Bertz CT molecular complexity index is 1080. The van der Waals surface area contributed by atoms with Crippen molar-refractivity contribution < 1.29 is 4.42 Å². The highest BCUT2D eigenvalue weighted by molar-refractivity contribution is 14.0. The number of fused-ring (bicyclic) bond motifs is 2. The van der Waals surface area contributed by atoms with E-state index in [2.05, 4.69) is 44.7 Å². The molecule has 0 saturated carbocycles. The van der Waals surface area contributed by atoms with Gasteiger partial charge in [0, 0.05) is 31.0 Å². The number of aromatic nitrogens is 2. The summed E-state index contributed by atoms with van der Waals surface area (Å²) in [5.41, 5.74) is 4.20. The molecule has 0 radical (unpaired) electrons. The summed E-state index contributed by atoms with van der Waals surface area (Å²) in [6.45, 7) is 3.51. The van der Waals surface area contributed by atoms with Crippen LogP contribution >= 0.6 is 24.0 Å². The zero-order chi connectivity index (χ0) is 19.3. The maximum absolute atomic E-state index is 5.95. The number of aliphatic imine (C=N–C) groups is 1. The van der Waals surface area contributed by atoms with E-state index in [0.29, 0.717) is 6.54 Å². The smallest absolute Gasteiger partial charge is 0.191 e. The number of nitrogens with one attached hydrogen (secondary N) is 3. The molecule has 6 nitrogen and oxygen atoms in total. The molecule has 7 heteroatoms. The number of furan rings is 1. The van der Waals surface area contributed by atoms with Crippen LogP contribution in [0.3, 0.4) is 0 Å². The summed E-state index contributed by atoms with van der Waals surface area (Å²) in [7, 11) is 1.78. The Hall–Kier alpha value is -2.55. The summed E-state index contributed by atoms with van der Waals surface area (Å²) >= 11 is 0. The first-order valence-electron chi connectivity index (χ1n) is 9.60. The second kappa shape index (κ2) is 9.78. The van der Waals surface area contributed by atoms with Gasteiger partial charge in [-0.1, -0.05) is 30.3 Å². The van der Waals surface area contributed by atoms with Gasteiger partial charge in [0.1, 0.15) is 17.2 Å². The molecule has 4 aromatic rings. The molecule has 0 aliphatic carbocycles. The number of hydrogen-bond donors (Lipinski definition) is 3. The van der Waals surface area contributed by atoms with E-state index in [1.165, 1.54) is 5.56 Å². The number of imidazole rings is 1. The van der Waals surface area contributed by atoms with E-state index in [4.69, 9.17) is 4.42 Å². The zero-order valence-corrected chi connectivity index (χ0v) is 19.0. The number of halogens is 1. The lowest BCUT2D eigenvalue weighted by atomic mass is 10.1. The topological polar surface area (TPSA) is 78.2 Å². The monoisotopic (exact) mass is 503 g/mol. The first kappa shape index (κ1) is 21.2. The summed E-state index contributed by atoms with van der Waals surface area (Å²) in [6.07, 6.45) is 1.85. The fraction of sp³-hybridized carbons (Fsp3) is 0.273. The number of rotatable bonds is 6. The Kier molecular flexibility index (Phi) is 7.13. The highest BCUT2D eigenvalue weighted by Gasteiger charge is 2.10. The number of guanidine groups is 1. The first-order valence-corrected chi connectivity index (χ1v) is 9.60. The molecule has 0 amide bonds. The highest BCUT2D eigenvalue weighted by atomic mass is 127. The van der Waals surface area contributed by atoms with Crippen LogP contribution < -0.4 is 10.6 Å². The maximum Gasteiger partial charge on any atom is 0.191 e. The molecule has 0 aliphatic heterocycles. The van der Waals surface area contributed by atoms with Crippen molar-refractivity contribution in [2.75, 3.05) is 13.6 Å². The normalized spacial score (nSPS) is 11.6. The van der Waals surface area contributed by atoms with Gasteiger partial charge in [0.15, 0.2) is 5.96 Å². The van der Waals surface area contributed by atoms with Crippen LogP contribution in [0.15, 0.2) is 57.9 Å². The first-order chi connectivity index (χ1) is 13.7. The minimum absolute atomic E-state index is 0. The number of nitrogens with zero attached hydrogens (tertiary/aromatic N) is 2. The summed E-state index contributed by atoms with van der Waals surface area (Å²) < 4.78 is 5.95. The average molecular weight is 503 g/mol. The Balaban J connectivity index is 0.00000240. The fourth-order valence-electron chi connectivity index (χ4n) is 3.36. The Morgan fingerprint density at radius 2 is 1.90 bits per heavy atom. The number of benzene rings is 2. The molecular formula is C22H26IN5O. The van der Waals surface area contributed by atoms with E-state index in [1.54, 1.807) is 7.05 Å². The largest absolute Gasteiger partial charge is 0.459 e. The van der Waals surface area contributed by atoms with Crippen LogP contribution in [0.25, 0.3) is 22.0 Å². The van der Waals surface area contributed by atoms with Crippen molar-refractivity contribution in [3.8, 4) is 0 Å². The van der Waals surface area contributed by atoms with Gasteiger partial charge in [-0.25, -0.2) is 4.98 Å². The Morgan fingerprint density at radius 1 is 1.10 bits per heavy atom. The lowest BCUT2D eigenvalue weighted by molar-refractivity contribution is 0.534. The quantitative estimate of drug-likeness (QED) is 0.156. The molecule has 4 rings (SSSR count). The number of hydrogen-bond acceptors (Lipinski definition) is 3. The van der Waals surface area contributed by atoms with Crippen molar-refractivity contribution in [1.82, 2.24) is 20.6 Å². The van der Waals surface area contributed by atoms with Gasteiger partial charge in [0.05, 0.1) is 17.6 Å². The van der Waals surface area contributed by atoms with E-state index in [9.17, 15) is 0 Å². The lowest BCUT2D eigenvalue weighted by Crippen LogP contribution is -2.37. The van der Waals surface area contributed by atoms with E-state index in [-0.39, 0.29) is 24.0 Å². The van der Waals surface area contributed by atoms with Crippen LogP contribution in [0.4, 0.5) is 0 Å². The summed E-state index contributed by atoms with van der Waals surface area (Å²) in [4.78, 5) is 12.3. The van der Waals surface area contributed by atoms with Crippen LogP contribution in [0, 0.1) is 6.92 Å². The van der Waals surface area contributed by atoms with Gasteiger partial charge in [-0.2, -0.15) is 0 Å². The van der Waals surface area contributed by atoms with Gasteiger partial charge < -0.3 is 20.0 Å². The van der Waals surface area contributed by atoms with Crippen molar-refractivity contribution in [3.63, 3.8) is 0 Å². The molecule has 3 N–H and O–H groups in total. The van der Waals surface area contributed by atoms with Crippen molar-refractivity contribution >= 4 is 51.9 Å². The fourth-order valence-corrected chi connectivity index (χ4v) is 3.36. The molecule has 29 heavy (non-hydrogen) atoms. The highest BCUT2D eigenvalue weighted by Crippen LogP contribution is 2.24. The molecule has 2 aromatic heterocycles. The number of para-hydroxylation sites is 3. The van der Waals surface area contributed by atoms with E-state index in [1.807, 2.05) is 36.4 Å².